The summed E-state index contributed by atoms with van der Waals surface area (Å²) in [5.74, 6) is -3.25. The van der Waals surface area contributed by atoms with Crippen LogP contribution >= 0.6 is 0 Å². The third-order valence-electron chi connectivity index (χ3n) is 10.9. The second-order valence-electron chi connectivity index (χ2n) is 16.6. The predicted molar refractivity (Wildman–Crippen MR) is 291 cm³/mol. The Hall–Kier alpha value is -9.52. The summed E-state index contributed by atoms with van der Waals surface area (Å²) in [5.41, 5.74) is 11.6. The van der Waals surface area contributed by atoms with Gasteiger partial charge in [0.1, 0.15) is 11.5 Å². The van der Waals surface area contributed by atoms with Gasteiger partial charge >= 0.3 is 5.97 Å². The van der Waals surface area contributed by atoms with Crippen molar-refractivity contribution in [2.75, 3.05) is 72.9 Å². The summed E-state index contributed by atoms with van der Waals surface area (Å²) in [6, 6.07) is 40.7. The number of nitrogens with two attached hydrogens (primary N) is 1. The minimum Gasteiger partial charge on any atom is -0.497 e. The Kier molecular flexibility index (Phi) is 21.8. The molecule has 0 saturated heterocycles. The van der Waals surface area contributed by atoms with E-state index in [1.807, 2.05) is 48.5 Å². The van der Waals surface area contributed by atoms with Gasteiger partial charge in [-0.3, -0.25) is 33.6 Å². The number of carbonyl (C=O) groups excluding carboxylic acids is 7. The van der Waals surface area contributed by atoms with Crippen LogP contribution in [0, 0.1) is 0 Å². The predicted octanol–water partition coefficient (Wildman–Crippen LogP) is 7.37. The monoisotopic (exact) mass is 1020 g/mol. The van der Waals surface area contributed by atoms with Crippen molar-refractivity contribution < 1.29 is 52.9 Å². The third-order valence-corrected chi connectivity index (χ3v) is 10.9. The van der Waals surface area contributed by atoms with Crippen LogP contribution in [-0.2, 0) is 19.2 Å². The lowest BCUT2D eigenvalue weighted by Gasteiger charge is -2.19. The number of nitrogens with zero attached hydrogens (tertiary/aromatic N) is 3. The molecule has 0 aliphatic carbocycles. The molecule has 1 unspecified atom stereocenters. The number of Topliss-reactive ketones (excluding diaryl/α,β-unsaturated/α-hetero) is 3. The molecule has 1 aliphatic rings. The van der Waals surface area contributed by atoms with E-state index in [-0.39, 0.29) is 38.6 Å². The van der Waals surface area contributed by atoms with E-state index in [9.17, 15) is 43.5 Å². The Morgan fingerprint density at radius 3 is 1.64 bits per heavy atom. The van der Waals surface area contributed by atoms with Crippen LogP contribution in [0.2, 0.25) is 0 Å². The number of anilines is 3. The van der Waals surface area contributed by atoms with Gasteiger partial charge in [0.2, 0.25) is 0 Å². The number of aromatic nitrogens is 1. The number of aliphatic carboxylic acids is 1. The van der Waals surface area contributed by atoms with E-state index in [2.05, 4.69) is 15.6 Å². The van der Waals surface area contributed by atoms with Gasteiger partial charge in [0.15, 0.2) is 6.04 Å². The molecule has 18 nitrogen and oxygen atoms in total. The van der Waals surface area contributed by atoms with Crippen molar-refractivity contribution in [2.24, 2.45) is 0 Å². The maximum atomic E-state index is 12.6. The summed E-state index contributed by atoms with van der Waals surface area (Å²) < 4.78 is 10.3. The van der Waals surface area contributed by atoms with Crippen LogP contribution < -0.4 is 25.8 Å². The lowest BCUT2D eigenvalue weighted by molar-refractivity contribution is -0.138. The largest absolute Gasteiger partial charge is 0.497 e. The van der Waals surface area contributed by atoms with Crippen molar-refractivity contribution in [3.05, 3.63) is 173 Å². The van der Waals surface area contributed by atoms with Gasteiger partial charge in [-0.15, -0.1) is 0 Å². The SMILES string of the molecule is C.CN(C)C(=O)C(=O)c1ccccc1N.COc1ccc(-c2[nH]c3ccccc3c2C(=O)N(C)C)cc1.COc1ccc(C(Nc2ccccc2C(=O)C(=O)N(C)C)C(=O)O)cc1.O=C1Nc2ccccc2C1=O.[B]. The number of carboxylic acids is 1. The van der Waals surface area contributed by atoms with E-state index in [0.717, 1.165) is 27.9 Å². The number of H-pyrrole nitrogens is 1. The number of amides is 4. The summed E-state index contributed by atoms with van der Waals surface area (Å²) in [4.78, 5) is 101. The molecular weight excluding hydrogens is 957 g/mol. The summed E-state index contributed by atoms with van der Waals surface area (Å²) in [5, 5.41) is 15.8. The van der Waals surface area contributed by atoms with Crippen LogP contribution in [0.15, 0.2) is 146 Å². The molecule has 1 atom stereocenters. The molecule has 3 radical (unpaired) electrons. The van der Waals surface area contributed by atoms with Crippen molar-refractivity contribution in [3.63, 3.8) is 0 Å². The van der Waals surface area contributed by atoms with Crippen molar-refractivity contribution in [1.82, 2.24) is 19.7 Å². The van der Waals surface area contributed by atoms with Gasteiger partial charge in [-0.05, 0) is 90.0 Å². The number of aromatic amines is 1. The molecule has 0 fully saturated rings. The van der Waals surface area contributed by atoms with E-state index >= 15 is 0 Å². The number of methoxy groups -OCH3 is 2. The zero-order valence-electron chi connectivity index (χ0n) is 42.0. The second-order valence-corrected chi connectivity index (χ2v) is 16.6. The van der Waals surface area contributed by atoms with E-state index in [1.54, 1.807) is 117 Å². The normalized spacial score (nSPS) is 11.0. The molecule has 6 N–H and O–H groups in total. The van der Waals surface area contributed by atoms with Crippen molar-refractivity contribution >= 4 is 83.3 Å². The smallest absolute Gasteiger partial charge is 0.330 e. The maximum Gasteiger partial charge on any atom is 0.330 e. The number of benzene rings is 6. The summed E-state index contributed by atoms with van der Waals surface area (Å²) in [6.07, 6.45) is 0. The number of rotatable bonds is 12. The van der Waals surface area contributed by atoms with E-state index in [4.69, 9.17) is 15.2 Å². The molecule has 8 rings (SSSR count). The molecule has 0 bridgehead atoms. The highest BCUT2D eigenvalue weighted by Crippen LogP contribution is 2.32. The van der Waals surface area contributed by atoms with Gasteiger partial charge in [0, 0.05) is 73.0 Å². The summed E-state index contributed by atoms with van der Waals surface area (Å²) in [6.45, 7) is 0. The zero-order valence-corrected chi connectivity index (χ0v) is 42.0. The average molecular weight is 1020 g/mol. The number of carboxylic acid groups (broad SMARTS) is 1. The molecule has 1 aliphatic heterocycles. The quantitative estimate of drug-likeness (QED) is 0.0348. The average Bonchev–Trinajstić information content (AvgIpc) is 3.93. The number of ether oxygens (including phenoxy) is 2. The molecule has 75 heavy (non-hydrogen) atoms. The van der Waals surface area contributed by atoms with E-state index < -0.39 is 47.1 Å². The number of para-hydroxylation sites is 4. The Morgan fingerprint density at radius 1 is 0.613 bits per heavy atom. The number of nitrogens with one attached hydrogen (secondary N) is 3. The topological polar surface area (TPSA) is 251 Å². The highest BCUT2D eigenvalue weighted by atomic mass is 16.5. The summed E-state index contributed by atoms with van der Waals surface area (Å²) >= 11 is 0. The van der Waals surface area contributed by atoms with Gasteiger partial charge in [0.25, 0.3) is 41.0 Å². The number of hydrogen-bond acceptors (Lipinski definition) is 12. The Balaban J connectivity index is 0.000000274. The highest BCUT2D eigenvalue weighted by Gasteiger charge is 2.28. The molecule has 0 spiro atoms. The van der Waals surface area contributed by atoms with Gasteiger partial charge in [-0.25, -0.2) is 4.79 Å². The van der Waals surface area contributed by atoms with Crippen LogP contribution in [0.25, 0.3) is 22.2 Å². The number of fused-ring (bicyclic) bond motifs is 2. The van der Waals surface area contributed by atoms with Gasteiger partial charge < -0.3 is 50.6 Å². The molecule has 2 heterocycles. The number of likely N-dealkylation sites (N-methyl/N-ethyl adjacent to an activating group) is 2. The second kappa shape index (κ2) is 27.3. The number of carbonyl (C=O) groups is 8. The van der Waals surface area contributed by atoms with Gasteiger partial charge in [-0.2, -0.15) is 0 Å². The third kappa shape index (κ3) is 14.8. The first-order valence-electron chi connectivity index (χ1n) is 22.3. The van der Waals surface area contributed by atoms with Crippen LogP contribution in [0.3, 0.4) is 0 Å². The Labute approximate surface area is 437 Å². The number of nitrogen functional groups attached to an aromatic ring is 1. The lowest BCUT2D eigenvalue weighted by Crippen LogP contribution is -2.31. The zero-order chi connectivity index (χ0) is 53.5. The standard InChI is InChI=1S/C19H20N2O5.C18H18N2O2.C10H12N2O2.C8H5NO2.CH4.B/c1-21(2)18(23)17(22)14-6-4-5-7-15(14)20-16(19(24)25)12-8-10-13(26-3)11-9-12;1-20(2)18(21)16-14-6-4-5-7-15(14)19-17(16)12-8-10-13(22-3)11-9-12;1-12(2)10(14)9(13)7-5-3-4-6-8(7)11;10-7-5-3-1-2-4-6(5)9-8(7)11;;/h4-11,16,20H,1-3H3,(H,24,25);4-11,19H,1-3H3;3-6H,11H2,1-2H3;1-4H,(H,9,10,11);1H4;. The first-order valence-corrected chi connectivity index (χ1v) is 22.3. The fourth-order valence-corrected chi connectivity index (χ4v) is 7.04. The van der Waals surface area contributed by atoms with Crippen molar-refractivity contribution in [1.29, 1.82) is 0 Å². The van der Waals surface area contributed by atoms with Crippen molar-refractivity contribution in [2.45, 2.75) is 13.5 Å². The van der Waals surface area contributed by atoms with E-state index in [1.165, 1.54) is 51.2 Å². The number of hydrogen-bond donors (Lipinski definition) is 5. The number of ketones is 3. The molecule has 7 aromatic rings. The Bertz CT molecular complexity index is 3170. The fraction of sp³-hybridized carbons (Fsp3) is 0.179. The molecule has 19 heteroatoms. The minimum atomic E-state index is -1.11. The van der Waals surface area contributed by atoms with Crippen LogP contribution in [0.5, 0.6) is 11.5 Å². The molecule has 0 saturated carbocycles. The summed E-state index contributed by atoms with van der Waals surface area (Å²) in [7, 11) is 12.7. The molecule has 387 valence electrons. The maximum absolute atomic E-state index is 12.6. The molecule has 4 amide bonds. The van der Waals surface area contributed by atoms with Crippen LogP contribution in [0.4, 0.5) is 17.1 Å². The van der Waals surface area contributed by atoms with Gasteiger partial charge in [-0.1, -0.05) is 74.2 Å². The van der Waals surface area contributed by atoms with Crippen molar-refractivity contribution in [3.8, 4) is 22.8 Å². The van der Waals surface area contributed by atoms with Crippen LogP contribution in [0.1, 0.15) is 60.5 Å². The van der Waals surface area contributed by atoms with Crippen LogP contribution in [-0.4, -0.2) is 137 Å². The minimum absolute atomic E-state index is 0. The first-order chi connectivity index (χ1) is 34.8. The van der Waals surface area contributed by atoms with Gasteiger partial charge in [0.05, 0.1) is 47.9 Å². The Morgan fingerprint density at radius 2 is 1.11 bits per heavy atom. The molecule has 6 aromatic carbocycles. The highest BCUT2D eigenvalue weighted by molar-refractivity contribution is 6.51. The molecular formula is C56H59BN7O11. The lowest BCUT2D eigenvalue weighted by atomic mass is 10.0. The molecule has 1 aromatic heterocycles. The van der Waals surface area contributed by atoms with E-state index in [0.29, 0.717) is 33.8 Å². The fourth-order valence-electron chi connectivity index (χ4n) is 7.04. The first kappa shape index (κ1) is 59.8.